The summed E-state index contributed by atoms with van der Waals surface area (Å²) in [5.41, 5.74) is 4.97. The molecule has 118 valence electrons. The van der Waals surface area contributed by atoms with Gasteiger partial charge in [0.2, 0.25) is 0 Å². The summed E-state index contributed by atoms with van der Waals surface area (Å²) in [5, 5.41) is 1.27. The molecule has 0 aliphatic heterocycles. The second-order valence-corrected chi connectivity index (χ2v) is 5.91. The Kier molecular flexibility index (Phi) is 3.80. The van der Waals surface area contributed by atoms with Crippen molar-refractivity contribution in [1.82, 2.24) is 4.57 Å². The van der Waals surface area contributed by atoms with E-state index in [4.69, 9.17) is 4.74 Å². The average molecular weight is 313 g/mol. The molecule has 24 heavy (non-hydrogen) atoms. The Labute approximate surface area is 141 Å². The van der Waals surface area contributed by atoms with Gasteiger partial charge in [0.15, 0.2) is 0 Å². The van der Waals surface area contributed by atoms with Gasteiger partial charge in [0, 0.05) is 29.2 Å². The van der Waals surface area contributed by atoms with Crippen molar-refractivity contribution in [3.63, 3.8) is 0 Å². The number of ether oxygens (including phenoxy) is 1. The van der Waals surface area contributed by atoms with Gasteiger partial charge in [-0.2, -0.15) is 0 Å². The predicted molar refractivity (Wildman–Crippen MR) is 99.5 cm³/mol. The van der Waals surface area contributed by atoms with E-state index in [9.17, 15) is 0 Å². The van der Waals surface area contributed by atoms with Crippen molar-refractivity contribution in [2.75, 3.05) is 7.11 Å². The lowest BCUT2D eigenvalue weighted by Gasteiger charge is -2.05. The third-order valence-electron chi connectivity index (χ3n) is 4.37. The van der Waals surface area contributed by atoms with Crippen LogP contribution >= 0.6 is 0 Å². The molecule has 0 amide bonds. The predicted octanol–water partition coefficient (Wildman–Crippen LogP) is 5.37. The van der Waals surface area contributed by atoms with Crippen molar-refractivity contribution < 1.29 is 4.74 Å². The zero-order chi connectivity index (χ0) is 16.4. The molecule has 0 N–H and O–H groups in total. The van der Waals surface area contributed by atoms with Gasteiger partial charge in [0.25, 0.3) is 0 Å². The molecule has 0 saturated carbocycles. The number of hydrogen-bond donors (Lipinski definition) is 0. The minimum Gasteiger partial charge on any atom is -0.497 e. The zero-order valence-corrected chi connectivity index (χ0v) is 13.6. The van der Waals surface area contributed by atoms with Crippen LogP contribution in [0.25, 0.3) is 22.0 Å². The van der Waals surface area contributed by atoms with Crippen LogP contribution in [0.2, 0.25) is 0 Å². The molecule has 1 heterocycles. The van der Waals surface area contributed by atoms with Gasteiger partial charge >= 0.3 is 0 Å². The van der Waals surface area contributed by atoms with Crippen LogP contribution in [0.15, 0.2) is 85.1 Å². The van der Waals surface area contributed by atoms with E-state index in [0.717, 1.165) is 12.3 Å². The van der Waals surface area contributed by atoms with E-state index in [1.807, 2.05) is 12.1 Å². The van der Waals surface area contributed by atoms with Crippen LogP contribution in [0.5, 0.6) is 5.75 Å². The minimum atomic E-state index is 0.866. The SMILES string of the molecule is COc1cccc(-c2cn(Cc3ccccc3)c3ccccc23)c1. The van der Waals surface area contributed by atoms with E-state index in [-0.39, 0.29) is 0 Å². The highest BCUT2D eigenvalue weighted by atomic mass is 16.5. The summed E-state index contributed by atoms with van der Waals surface area (Å²) in [7, 11) is 1.71. The maximum absolute atomic E-state index is 5.38. The van der Waals surface area contributed by atoms with Gasteiger partial charge in [-0.15, -0.1) is 0 Å². The lowest BCUT2D eigenvalue weighted by atomic mass is 10.0. The molecule has 4 aromatic rings. The molecular weight excluding hydrogens is 294 g/mol. The summed E-state index contributed by atoms with van der Waals surface area (Å²) >= 11 is 0. The highest BCUT2D eigenvalue weighted by Gasteiger charge is 2.10. The minimum absolute atomic E-state index is 0.866. The quantitative estimate of drug-likeness (QED) is 0.494. The number of fused-ring (bicyclic) bond motifs is 1. The molecule has 2 nitrogen and oxygen atoms in total. The molecule has 0 fully saturated rings. The van der Waals surface area contributed by atoms with E-state index >= 15 is 0 Å². The normalized spacial score (nSPS) is 10.9. The lowest BCUT2D eigenvalue weighted by molar-refractivity contribution is 0.415. The summed E-state index contributed by atoms with van der Waals surface area (Å²) in [5.74, 6) is 0.882. The molecule has 1 aromatic heterocycles. The van der Waals surface area contributed by atoms with Crippen LogP contribution in [-0.4, -0.2) is 11.7 Å². The first-order valence-corrected chi connectivity index (χ1v) is 8.11. The molecule has 0 unspecified atom stereocenters. The van der Waals surface area contributed by atoms with Crippen LogP contribution in [-0.2, 0) is 6.54 Å². The first kappa shape index (κ1) is 14.6. The molecule has 2 heteroatoms. The molecular formula is C22H19NO. The number of methoxy groups -OCH3 is 1. The summed E-state index contributed by atoms with van der Waals surface area (Å²) < 4.78 is 7.70. The fraction of sp³-hybridized carbons (Fsp3) is 0.0909. The van der Waals surface area contributed by atoms with Gasteiger partial charge in [-0.3, -0.25) is 0 Å². The van der Waals surface area contributed by atoms with Crippen LogP contribution in [0, 0.1) is 0 Å². The van der Waals surface area contributed by atoms with Crippen LogP contribution in [0.4, 0.5) is 0 Å². The third kappa shape index (κ3) is 2.67. The van der Waals surface area contributed by atoms with E-state index in [2.05, 4.69) is 77.5 Å². The highest BCUT2D eigenvalue weighted by Crippen LogP contribution is 2.32. The monoisotopic (exact) mass is 313 g/mol. The Balaban J connectivity index is 1.84. The molecule has 0 radical (unpaired) electrons. The van der Waals surface area contributed by atoms with Gasteiger partial charge in [0.05, 0.1) is 7.11 Å². The number of nitrogens with zero attached hydrogens (tertiary/aromatic N) is 1. The lowest BCUT2D eigenvalue weighted by Crippen LogP contribution is -1.97. The Bertz CT molecular complexity index is 970. The Hall–Kier alpha value is -3.00. The second kappa shape index (κ2) is 6.25. The topological polar surface area (TPSA) is 14.2 Å². The van der Waals surface area contributed by atoms with E-state index in [0.29, 0.717) is 0 Å². The summed E-state index contributed by atoms with van der Waals surface area (Å²) in [6.07, 6.45) is 2.24. The number of hydrogen-bond acceptors (Lipinski definition) is 1. The summed E-state index contributed by atoms with van der Waals surface area (Å²) in [6, 6.07) is 27.4. The molecule has 0 atom stereocenters. The van der Waals surface area contributed by atoms with Crippen molar-refractivity contribution in [3.8, 4) is 16.9 Å². The number of para-hydroxylation sites is 1. The maximum Gasteiger partial charge on any atom is 0.119 e. The van der Waals surface area contributed by atoms with Crippen LogP contribution in [0.1, 0.15) is 5.56 Å². The largest absolute Gasteiger partial charge is 0.497 e. The Morgan fingerprint density at radius 1 is 0.833 bits per heavy atom. The standard InChI is InChI=1S/C22H19NO/c1-24-19-11-7-10-18(14-19)21-16-23(15-17-8-3-2-4-9-17)22-13-6-5-12-20(21)22/h2-14,16H,15H2,1H3. The van der Waals surface area contributed by atoms with Gasteiger partial charge < -0.3 is 9.30 Å². The summed E-state index contributed by atoms with van der Waals surface area (Å²) in [6.45, 7) is 0.866. The molecule has 3 aromatic carbocycles. The van der Waals surface area contributed by atoms with Crippen LogP contribution in [0.3, 0.4) is 0 Å². The van der Waals surface area contributed by atoms with Crippen molar-refractivity contribution in [1.29, 1.82) is 0 Å². The zero-order valence-electron chi connectivity index (χ0n) is 13.6. The van der Waals surface area contributed by atoms with Crippen LogP contribution < -0.4 is 4.74 Å². The maximum atomic E-state index is 5.38. The highest BCUT2D eigenvalue weighted by molar-refractivity contribution is 5.96. The molecule has 0 aliphatic carbocycles. The van der Waals surface area contributed by atoms with E-state index < -0.39 is 0 Å². The van der Waals surface area contributed by atoms with Gasteiger partial charge in [0.1, 0.15) is 5.75 Å². The van der Waals surface area contributed by atoms with E-state index in [1.165, 1.54) is 27.6 Å². The first-order chi connectivity index (χ1) is 11.8. The fourth-order valence-corrected chi connectivity index (χ4v) is 3.18. The Morgan fingerprint density at radius 3 is 2.46 bits per heavy atom. The number of benzene rings is 3. The first-order valence-electron chi connectivity index (χ1n) is 8.11. The Morgan fingerprint density at radius 2 is 1.62 bits per heavy atom. The number of rotatable bonds is 4. The van der Waals surface area contributed by atoms with Crippen molar-refractivity contribution in [2.45, 2.75) is 6.54 Å². The number of aromatic nitrogens is 1. The van der Waals surface area contributed by atoms with Gasteiger partial charge in [-0.25, -0.2) is 0 Å². The van der Waals surface area contributed by atoms with Crippen molar-refractivity contribution in [2.24, 2.45) is 0 Å². The molecule has 4 rings (SSSR count). The smallest absolute Gasteiger partial charge is 0.119 e. The molecule has 0 spiro atoms. The summed E-state index contributed by atoms with van der Waals surface area (Å²) in [4.78, 5) is 0. The molecule has 0 aliphatic rings. The fourth-order valence-electron chi connectivity index (χ4n) is 3.18. The van der Waals surface area contributed by atoms with Crippen molar-refractivity contribution >= 4 is 10.9 Å². The molecule has 0 saturated heterocycles. The van der Waals surface area contributed by atoms with Crippen molar-refractivity contribution in [3.05, 3.63) is 90.6 Å². The average Bonchev–Trinajstić information content (AvgIpc) is 3.01. The van der Waals surface area contributed by atoms with Gasteiger partial charge in [-0.1, -0.05) is 60.7 Å². The van der Waals surface area contributed by atoms with Gasteiger partial charge in [-0.05, 0) is 29.3 Å². The third-order valence-corrected chi connectivity index (χ3v) is 4.37. The molecule has 0 bridgehead atoms. The van der Waals surface area contributed by atoms with E-state index in [1.54, 1.807) is 7.11 Å². The second-order valence-electron chi connectivity index (χ2n) is 5.91.